The summed E-state index contributed by atoms with van der Waals surface area (Å²) in [6, 6.07) is 17.4. The fourth-order valence-electron chi connectivity index (χ4n) is 5.13. The van der Waals surface area contributed by atoms with Crippen LogP contribution in [0.1, 0.15) is 18.5 Å². The van der Waals surface area contributed by atoms with Crippen LogP contribution in [-0.2, 0) is 4.79 Å². The van der Waals surface area contributed by atoms with E-state index >= 15 is 0 Å². The van der Waals surface area contributed by atoms with E-state index in [1.54, 1.807) is 47.3 Å². The lowest BCUT2D eigenvalue weighted by molar-refractivity contribution is -0.111. The van der Waals surface area contributed by atoms with E-state index in [9.17, 15) is 9.59 Å². The van der Waals surface area contributed by atoms with E-state index in [0.717, 1.165) is 5.56 Å². The smallest absolute Gasteiger partial charge is 0.259 e. The highest BCUT2D eigenvalue weighted by Gasteiger charge is 2.25. The van der Waals surface area contributed by atoms with Gasteiger partial charge in [-0.15, -0.1) is 0 Å². The van der Waals surface area contributed by atoms with Gasteiger partial charge in [-0.2, -0.15) is 0 Å². The van der Waals surface area contributed by atoms with E-state index in [0.29, 0.717) is 46.3 Å². The molecule has 242 valence electrons. The summed E-state index contributed by atoms with van der Waals surface area (Å²) in [6.45, 7) is 2.54. The standard InChI is InChI=1S/C35H34Cl2N6O4/c1-21(22-10-8-11-24(16-22)40-31(44)13-9-15-42(2)3)43-26-18-30(41-29-12-6-7-14-38-29)39-20-23(26)17-25(35(43)45)32-33(36)27(46-4)19-28(47-5)34(32)37/h6-14,16-21H,15H2,1-5H3,(H,40,44)(H,38,39,41)/b13-9+. The number of hydrogen-bond acceptors (Lipinski definition) is 8. The predicted octanol–water partition coefficient (Wildman–Crippen LogP) is 7.19. The molecule has 47 heavy (non-hydrogen) atoms. The second-order valence-corrected chi connectivity index (χ2v) is 11.7. The number of likely N-dealkylation sites (N-methyl/N-ethyl adjacent to an activating group) is 1. The number of carbonyl (C=O) groups is 1. The van der Waals surface area contributed by atoms with Gasteiger partial charge >= 0.3 is 0 Å². The number of methoxy groups -OCH3 is 2. The highest BCUT2D eigenvalue weighted by atomic mass is 35.5. The molecule has 1 amide bonds. The third kappa shape index (κ3) is 7.41. The summed E-state index contributed by atoms with van der Waals surface area (Å²) in [5.74, 6) is 1.45. The van der Waals surface area contributed by atoms with Gasteiger partial charge in [0.05, 0.1) is 41.4 Å². The van der Waals surface area contributed by atoms with E-state index in [4.69, 9.17) is 32.7 Å². The minimum atomic E-state index is -0.513. The summed E-state index contributed by atoms with van der Waals surface area (Å²) in [5.41, 5.74) is 2.11. The largest absolute Gasteiger partial charge is 0.495 e. The topological polar surface area (TPSA) is 111 Å². The lowest BCUT2D eigenvalue weighted by Gasteiger charge is -2.22. The number of amides is 1. The van der Waals surface area contributed by atoms with Gasteiger partial charge in [-0.25, -0.2) is 9.97 Å². The van der Waals surface area contributed by atoms with Gasteiger partial charge in [-0.3, -0.25) is 9.59 Å². The van der Waals surface area contributed by atoms with Crippen LogP contribution in [0.15, 0.2) is 90.0 Å². The monoisotopic (exact) mass is 672 g/mol. The van der Waals surface area contributed by atoms with Crippen LogP contribution in [0.3, 0.4) is 0 Å². The van der Waals surface area contributed by atoms with Crippen molar-refractivity contribution in [2.75, 3.05) is 45.5 Å². The highest BCUT2D eigenvalue weighted by Crippen LogP contribution is 2.45. The van der Waals surface area contributed by atoms with Gasteiger partial charge in [0.2, 0.25) is 5.91 Å². The first-order valence-electron chi connectivity index (χ1n) is 14.7. The van der Waals surface area contributed by atoms with Crippen LogP contribution in [0.4, 0.5) is 17.3 Å². The molecular formula is C35H34Cl2N6O4. The van der Waals surface area contributed by atoms with Crippen LogP contribution in [0.5, 0.6) is 11.5 Å². The van der Waals surface area contributed by atoms with Crippen molar-refractivity contribution in [1.29, 1.82) is 0 Å². The fourth-order valence-corrected chi connectivity index (χ4v) is 5.84. The Bertz CT molecular complexity index is 1990. The summed E-state index contributed by atoms with van der Waals surface area (Å²) in [5, 5.41) is 7.10. The number of nitrogens with one attached hydrogen (secondary N) is 2. The second kappa shape index (κ2) is 14.7. The highest BCUT2D eigenvalue weighted by molar-refractivity contribution is 6.41. The first kappa shape index (κ1) is 33.5. The van der Waals surface area contributed by atoms with Crippen LogP contribution in [0.2, 0.25) is 10.0 Å². The number of anilines is 3. The van der Waals surface area contributed by atoms with Crippen molar-refractivity contribution in [3.8, 4) is 22.6 Å². The van der Waals surface area contributed by atoms with Crippen LogP contribution in [0.25, 0.3) is 22.0 Å². The molecule has 0 aliphatic heterocycles. The molecule has 5 aromatic rings. The molecule has 0 fully saturated rings. The minimum absolute atomic E-state index is 0.169. The van der Waals surface area contributed by atoms with Crippen LogP contribution in [-0.4, -0.2) is 60.2 Å². The predicted molar refractivity (Wildman–Crippen MR) is 189 cm³/mol. The molecular weight excluding hydrogens is 639 g/mol. The molecule has 1 unspecified atom stereocenters. The maximum absolute atomic E-state index is 14.6. The van der Waals surface area contributed by atoms with Gasteiger partial charge < -0.3 is 29.6 Å². The van der Waals surface area contributed by atoms with E-state index < -0.39 is 6.04 Å². The Morgan fingerprint density at radius 1 is 0.979 bits per heavy atom. The number of aromatic nitrogens is 3. The molecule has 0 bridgehead atoms. The van der Waals surface area contributed by atoms with Gasteiger partial charge in [0.25, 0.3) is 5.56 Å². The summed E-state index contributed by atoms with van der Waals surface area (Å²) < 4.78 is 12.6. The summed E-state index contributed by atoms with van der Waals surface area (Å²) in [4.78, 5) is 38.1. The molecule has 0 radical (unpaired) electrons. The Labute approximate surface area is 282 Å². The molecule has 0 aliphatic carbocycles. The number of nitrogens with zero attached hydrogens (tertiary/aromatic N) is 4. The van der Waals surface area contributed by atoms with Crippen molar-refractivity contribution in [3.63, 3.8) is 0 Å². The summed E-state index contributed by atoms with van der Waals surface area (Å²) in [7, 11) is 6.80. The number of benzene rings is 2. The Balaban J connectivity index is 1.68. The minimum Gasteiger partial charge on any atom is -0.495 e. The number of ether oxygens (including phenoxy) is 2. The van der Waals surface area contributed by atoms with Gasteiger partial charge in [0, 0.05) is 53.8 Å². The molecule has 5 rings (SSSR count). The number of hydrogen-bond donors (Lipinski definition) is 2. The molecule has 2 aromatic carbocycles. The quantitative estimate of drug-likeness (QED) is 0.142. The van der Waals surface area contributed by atoms with Gasteiger partial charge in [-0.1, -0.05) is 47.5 Å². The van der Waals surface area contributed by atoms with Crippen LogP contribution < -0.4 is 25.7 Å². The van der Waals surface area contributed by atoms with Crippen molar-refractivity contribution >= 4 is 57.3 Å². The average Bonchev–Trinajstić information content (AvgIpc) is 3.05. The molecule has 2 N–H and O–H groups in total. The van der Waals surface area contributed by atoms with Crippen LogP contribution in [0, 0.1) is 0 Å². The zero-order chi connectivity index (χ0) is 33.7. The first-order chi connectivity index (χ1) is 22.6. The van der Waals surface area contributed by atoms with E-state index in [2.05, 4.69) is 20.6 Å². The molecule has 3 heterocycles. The molecule has 0 saturated carbocycles. The third-order valence-corrected chi connectivity index (χ3v) is 8.20. The van der Waals surface area contributed by atoms with Crippen molar-refractivity contribution in [1.82, 2.24) is 19.4 Å². The van der Waals surface area contributed by atoms with Crippen LogP contribution >= 0.6 is 23.2 Å². The van der Waals surface area contributed by atoms with E-state index in [-0.39, 0.29) is 32.6 Å². The SMILES string of the molecule is COc1cc(OC)c(Cl)c(-c2cc3cnc(Nc4ccccn4)cc3n(C(C)c3cccc(NC(=O)/C=C/CN(C)C)c3)c2=O)c1Cl. The molecule has 12 heteroatoms. The number of rotatable bonds is 11. The molecule has 0 saturated heterocycles. The fraction of sp³-hybridized carbons (Fsp3) is 0.200. The van der Waals surface area contributed by atoms with Gasteiger partial charge in [0.15, 0.2) is 0 Å². The summed E-state index contributed by atoms with van der Waals surface area (Å²) in [6.07, 6.45) is 6.63. The van der Waals surface area contributed by atoms with Crippen molar-refractivity contribution in [2.24, 2.45) is 0 Å². The Morgan fingerprint density at radius 3 is 2.38 bits per heavy atom. The normalized spacial score (nSPS) is 12.0. The Kier molecular flexibility index (Phi) is 10.5. The van der Waals surface area contributed by atoms with Crippen molar-refractivity contribution < 1.29 is 14.3 Å². The number of carbonyl (C=O) groups excluding carboxylic acids is 1. The lowest BCUT2D eigenvalue weighted by atomic mass is 10.0. The molecule has 0 aliphatic rings. The molecule has 0 spiro atoms. The Morgan fingerprint density at radius 2 is 1.72 bits per heavy atom. The summed E-state index contributed by atoms with van der Waals surface area (Å²) >= 11 is 13.6. The van der Waals surface area contributed by atoms with E-state index in [1.165, 1.54) is 20.3 Å². The number of fused-ring (bicyclic) bond motifs is 1. The second-order valence-electron chi connectivity index (χ2n) is 10.9. The maximum atomic E-state index is 14.6. The molecule has 10 nitrogen and oxygen atoms in total. The van der Waals surface area contributed by atoms with Gasteiger partial charge in [-0.05, 0) is 56.9 Å². The molecule has 3 aromatic heterocycles. The first-order valence-corrected chi connectivity index (χ1v) is 15.4. The van der Waals surface area contributed by atoms with Crippen molar-refractivity contribution in [2.45, 2.75) is 13.0 Å². The average molecular weight is 674 g/mol. The number of pyridine rings is 3. The third-order valence-electron chi connectivity index (χ3n) is 7.45. The van der Waals surface area contributed by atoms with E-state index in [1.807, 2.05) is 62.3 Å². The van der Waals surface area contributed by atoms with Crippen molar-refractivity contribution in [3.05, 3.63) is 111 Å². The Hall–Kier alpha value is -4.90. The maximum Gasteiger partial charge on any atom is 0.259 e. The van der Waals surface area contributed by atoms with Gasteiger partial charge in [0.1, 0.15) is 23.1 Å². The lowest BCUT2D eigenvalue weighted by Crippen LogP contribution is -2.26. The molecule has 1 atom stereocenters. The zero-order valence-electron chi connectivity index (χ0n) is 26.5. The number of halogens is 2. The zero-order valence-corrected chi connectivity index (χ0v) is 28.1.